The molecule has 0 atom stereocenters. The monoisotopic (exact) mass is 175 g/mol. The average Bonchev–Trinajstić information content (AvgIpc) is 2.04. The largest absolute Gasteiger partial charge is 0.255 e. The van der Waals surface area contributed by atoms with Crippen LogP contribution in [0.3, 0.4) is 0 Å². The number of benzene rings is 1. The van der Waals surface area contributed by atoms with Crippen molar-refractivity contribution in [1.82, 2.24) is 4.98 Å². The second-order valence-electron chi connectivity index (χ2n) is 2.86. The highest BCUT2D eigenvalue weighted by Gasteiger charge is 1.98. The number of hydrogen-bond acceptors (Lipinski definition) is 2. The highest BCUT2D eigenvalue weighted by molar-refractivity contribution is 7.80. The minimum atomic E-state index is 0.950. The Labute approximate surface area is 76.9 Å². The molecule has 0 aliphatic rings. The zero-order valence-electron chi connectivity index (χ0n) is 6.78. The molecule has 0 spiro atoms. The van der Waals surface area contributed by atoms with Crippen LogP contribution in [-0.2, 0) is 0 Å². The lowest BCUT2D eigenvalue weighted by Crippen LogP contribution is -1.81. The van der Waals surface area contributed by atoms with Crippen molar-refractivity contribution in [2.24, 2.45) is 0 Å². The van der Waals surface area contributed by atoms with Gasteiger partial charge in [-0.15, -0.1) is 12.6 Å². The third-order valence-corrected chi connectivity index (χ3v) is 2.17. The molecule has 1 aromatic carbocycles. The number of aryl methyl sites for hydroxylation is 1. The maximum Gasteiger partial charge on any atom is 0.0835 e. The Balaban J connectivity index is 2.89. The third kappa shape index (κ3) is 1.18. The predicted molar refractivity (Wildman–Crippen MR) is 53.7 cm³/mol. The topological polar surface area (TPSA) is 12.9 Å². The molecule has 0 aliphatic carbocycles. The second kappa shape index (κ2) is 2.79. The van der Waals surface area contributed by atoms with Gasteiger partial charge in [-0.3, -0.25) is 4.98 Å². The van der Waals surface area contributed by atoms with Gasteiger partial charge in [0, 0.05) is 16.5 Å². The van der Waals surface area contributed by atoms with Gasteiger partial charge in [-0.1, -0.05) is 6.07 Å². The van der Waals surface area contributed by atoms with Crippen molar-refractivity contribution >= 4 is 23.5 Å². The molecule has 0 radical (unpaired) electrons. The van der Waals surface area contributed by atoms with E-state index >= 15 is 0 Å². The lowest BCUT2D eigenvalue weighted by atomic mass is 10.1. The molecular weight excluding hydrogens is 166 g/mol. The van der Waals surface area contributed by atoms with Gasteiger partial charge in [-0.05, 0) is 30.7 Å². The Morgan fingerprint density at radius 2 is 2.17 bits per heavy atom. The quantitative estimate of drug-likeness (QED) is 0.607. The van der Waals surface area contributed by atoms with Crippen LogP contribution in [-0.4, -0.2) is 4.98 Å². The molecule has 0 N–H and O–H groups in total. The fraction of sp³-hybridized carbons (Fsp3) is 0.100. The van der Waals surface area contributed by atoms with Crippen LogP contribution in [0.1, 0.15) is 5.56 Å². The summed E-state index contributed by atoms with van der Waals surface area (Å²) in [4.78, 5) is 5.20. The van der Waals surface area contributed by atoms with Crippen molar-refractivity contribution in [3.63, 3.8) is 0 Å². The van der Waals surface area contributed by atoms with Gasteiger partial charge in [0.25, 0.3) is 0 Å². The van der Waals surface area contributed by atoms with E-state index in [9.17, 15) is 0 Å². The summed E-state index contributed by atoms with van der Waals surface area (Å²) in [6.45, 7) is 2.06. The van der Waals surface area contributed by atoms with Crippen LogP contribution in [0.2, 0.25) is 0 Å². The highest BCUT2D eigenvalue weighted by Crippen LogP contribution is 2.20. The van der Waals surface area contributed by atoms with Gasteiger partial charge in [0.15, 0.2) is 0 Å². The molecule has 0 unspecified atom stereocenters. The average molecular weight is 175 g/mol. The standard InChI is InChI=1S/C10H9NS/c1-7-5-8-3-2-4-11-10(8)9(12)6-7/h2-6,12H,1H3. The Morgan fingerprint density at radius 1 is 1.33 bits per heavy atom. The number of nitrogens with zero attached hydrogens (tertiary/aromatic N) is 1. The van der Waals surface area contributed by atoms with E-state index in [-0.39, 0.29) is 0 Å². The van der Waals surface area contributed by atoms with E-state index in [0.29, 0.717) is 0 Å². The fourth-order valence-corrected chi connectivity index (χ4v) is 1.71. The second-order valence-corrected chi connectivity index (χ2v) is 3.34. The summed E-state index contributed by atoms with van der Waals surface area (Å²) in [6, 6.07) is 8.13. The number of hydrogen-bond donors (Lipinski definition) is 1. The molecule has 0 saturated heterocycles. The summed E-state index contributed by atoms with van der Waals surface area (Å²) >= 11 is 4.36. The maximum absolute atomic E-state index is 4.36. The summed E-state index contributed by atoms with van der Waals surface area (Å²) in [5, 5.41) is 1.16. The summed E-state index contributed by atoms with van der Waals surface area (Å²) in [7, 11) is 0. The lowest BCUT2D eigenvalue weighted by Gasteiger charge is -2.00. The van der Waals surface area contributed by atoms with Crippen LogP contribution in [0.5, 0.6) is 0 Å². The van der Waals surface area contributed by atoms with Gasteiger partial charge >= 0.3 is 0 Å². The first-order chi connectivity index (χ1) is 5.77. The van der Waals surface area contributed by atoms with Crippen LogP contribution in [0.4, 0.5) is 0 Å². The van der Waals surface area contributed by atoms with Crippen molar-refractivity contribution in [2.45, 2.75) is 11.8 Å². The predicted octanol–water partition coefficient (Wildman–Crippen LogP) is 2.83. The van der Waals surface area contributed by atoms with Gasteiger partial charge < -0.3 is 0 Å². The Kier molecular flexibility index (Phi) is 1.77. The molecule has 1 nitrogen and oxygen atoms in total. The first-order valence-corrected chi connectivity index (χ1v) is 4.26. The first kappa shape index (κ1) is 7.62. The maximum atomic E-state index is 4.36. The van der Waals surface area contributed by atoms with Crippen LogP contribution in [0, 0.1) is 6.92 Å². The van der Waals surface area contributed by atoms with E-state index in [2.05, 4.69) is 36.7 Å². The van der Waals surface area contributed by atoms with Crippen LogP contribution in [0.15, 0.2) is 35.4 Å². The van der Waals surface area contributed by atoms with Gasteiger partial charge in [-0.25, -0.2) is 0 Å². The molecular formula is C10H9NS. The lowest BCUT2D eigenvalue weighted by molar-refractivity contribution is 1.33. The first-order valence-electron chi connectivity index (χ1n) is 3.82. The number of fused-ring (bicyclic) bond motifs is 1. The molecule has 2 rings (SSSR count). The van der Waals surface area contributed by atoms with Gasteiger partial charge in [0.05, 0.1) is 5.52 Å². The van der Waals surface area contributed by atoms with Gasteiger partial charge in [-0.2, -0.15) is 0 Å². The number of rotatable bonds is 0. The third-order valence-electron chi connectivity index (χ3n) is 1.83. The molecule has 0 bridgehead atoms. The Bertz CT molecular complexity index is 423. The zero-order chi connectivity index (χ0) is 8.55. The van der Waals surface area contributed by atoms with E-state index < -0.39 is 0 Å². The van der Waals surface area contributed by atoms with Crippen molar-refractivity contribution in [1.29, 1.82) is 0 Å². The SMILES string of the molecule is Cc1cc(S)c2ncccc2c1. The molecule has 1 heterocycles. The summed E-state index contributed by atoms with van der Waals surface area (Å²) in [6.07, 6.45) is 1.79. The summed E-state index contributed by atoms with van der Waals surface area (Å²) in [5.74, 6) is 0. The Morgan fingerprint density at radius 3 is 3.00 bits per heavy atom. The van der Waals surface area contributed by atoms with E-state index in [0.717, 1.165) is 15.8 Å². The minimum absolute atomic E-state index is 0.950. The molecule has 2 heteroatoms. The van der Waals surface area contributed by atoms with E-state index in [4.69, 9.17) is 0 Å². The summed E-state index contributed by atoms with van der Waals surface area (Å²) < 4.78 is 0. The molecule has 60 valence electrons. The van der Waals surface area contributed by atoms with Crippen molar-refractivity contribution in [3.05, 3.63) is 36.0 Å². The zero-order valence-corrected chi connectivity index (χ0v) is 7.68. The van der Waals surface area contributed by atoms with Gasteiger partial charge in [0.1, 0.15) is 0 Å². The van der Waals surface area contributed by atoms with E-state index in [1.807, 2.05) is 12.1 Å². The molecule has 0 saturated carbocycles. The Hall–Kier alpha value is -1.02. The van der Waals surface area contributed by atoms with Crippen molar-refractivity contribution < 1.29 is 0 Å². The molecule has 0 fully saturated rings. The molecule has 0 aliphatic heterocycles. The number of pyridine rings is 1. The van der Waals surface area contributed by atoms with E-state index in [1.54, 1.807) is 6.20 Å². The molecule has 12 heavy (non-hydrogen) atoms. The number of aromatic nitrogens is 1. The van der Waals surface area contributed by atoms with Crippen LogP contribution in [0.25, 0.3) is 10.9 Å². The molecule has 1 aromatic heterocycles. The van der Waals surface area contributed by atoms with E-state index in [1.165, 1.54) is 5.56 Å². The van der Waals surface area contributed by atoms with Crippen LogP contribution < -0.4 is 0 Å². The summed E-state index contributed by atoms with van der Waals surface area (Å²) in [5.41, 5.74) is 2.20. The smallest absolute Gasteiger partial charge is 0.0835 e. The van der Waals surface area contributed by atoms with Gasteiger partial charge in [0.2, 0.25) is 0 Å². The van der Waals surface area contributed by atoms with Crippen molar-refractivity contribution in [3.8, 4) is 0 Å². The normalized spacial score (nSPS) is 10.5. The molecule has 0 amide bonds. The minimum Gasteiger partial charge on any atom is -0.255 e. The fourth-order valence-electron chi connectivity index (χ4n) is 1.32. The van der Waals surface area contributed by atoms with Crippen molar-refractivity contribution in [2.75, 3.05) is 0 Å². The van der Waals surface area contributed by atoms with Crippen LogP contribution >= 0.6 is 12.6 Å². The number of thiol groups is 1. The highest BCUT2D eigenvalue weighted by atomic mass is 32.1. The molecule has 2 aromatic rings.